The summed E-state index contributed by atoms with van der Waals surface area (Å²) in [7, 11) is 0. The number of hydrogen-bond acceptors (Lipinski definition) is 5. The molecule has 7 nitrogen and oxygen atoms in total. The molecule has 4 aromatic rings. The van der Waals surface area contributed by atoms with Crippen LogP contribution in [0.3, 0.4) is 0 Å². The molecular weight excluding hydrogens is 419 g/mol. The van der Waals surface area contributed by atoms with Gasteiger partial charge in [-0.05, 0) is 36.2 Å². The van der Waals surface area contributed by atoms with Crippen molar-refractivity contribution < 1.29 is 9.18 Å². The van der Waals surface area contributed by atoms with Crippen LogP contribution in [0.25, 0.3) is 22.2 Å². The summed E-state index contributed by atoms with van der Waals surface area (Å²) in [5.74, 6) is -0.473. The number of unbranched alkanes of at least 4 members (excludes halogenated alkanes) is 4. The van der Waals surface area contributed by atoms with Gasteiger partial charge in [-0.2, -0.15) is 9.78 Å². The third-order valence-electron chi connectivity index (χ3n) is 5.46. The van der Waals surface area contributed by atoms with E-state index in [1.54, 1.807) is 18.3 Å². The van der Waals surface area contributed by atoms with Gasteiger partial charge in [0.15, 0.2) is 5.65 Å². The maximum atomic E-state index is 13.2. The van der Waals surface area contributed by atoms with Crippen LogP contribution in [0, 0.1) is 5.82 Å². The van der Waals surface area contributed by atoms with Crippen LogP contribution in [-0.2, 0) is 0 Å². The third kappa shape index (κ3) is 5.00. The van der Waals surface area contributed by atoms with Crippen molar-refractivity contribution in [2.24, 2.45) is 5.10 Å². The largest absolute Gasteiger partial charge is 0.383 e. The Morgan fingerprint density at radius 2 is 1.76 bits per heavy atom. The van der Waals surface area contributed by atoms with Crippen molar-refractivity contribution in [1.29, 1.82) is 0 Å². The molecule has 0 fully saturated rings. The zero-order chi connectivity index (χ0) is 23.2. The number of para-hydroxylation sites is 2. The van der Waals surface area contributed by atoms with Gasteiger partial charge in [-0.1, -0.05) is 56.9 Å². The first-order valence-electron chi connectivity index (χ1n) is 11.2. The van der Waals surface area contributed by atoms with Crippen molar-refractivity contribution in [1.82, 2.24) is 20.0 Å². The van der Waals surface area contributed by atoms with E-state index in [-0.39, 0.29) is 23.1 Å². The summed E-state index contributed by atoms with van der Waals surface area (Å²) in [6.07, 6.45) is 7.04. The highest BCUT2D eigenvalue weighted by Crippen LogP contribution is 2.27. The molecule has 0 atom stereocenters. The van der Waals surface area contributed by atoms with Crippen molar-refractivity contribution in [3.05, 3.63) is 65.5 Å². The lowest BCUT2D eigenvalue weighted by atomic mass is 10.1. The zero-order valence-electron chi connectivity index (χ0n) is 18.6. The monoisotopic (exact) mass is 446 g/mol. The lowest BCUT2D eigenvalue weighted by molar-refractivity contribution is 0.0955. The number of hydrogen-bond donors (Lipinski definition) is 2. The Balaban J connectivity index is 1.69. The predicted octanol–water partition coefficient (Wildman–Crippen LogP) is 4.89. The summed E-state index contributed by atoms with van der Waals surface area (Å²) in [6, 6.07) is 13.3. The number of rotatable bonds is 9. The van der Waals surface area contributed by atoms with Gasteiger partial charge in [0.2, 0.25) is 0 Å². The molecule has 33 heavy (non-hydrogen) atoms. The minimum atomic E-state index is -0.330. The molecule has 1 amide bonds. The number of anilines is 1. The number of aromatic nitrogens is 3. The van der Waals surface area contributed by atoms with E-state index in [0.717, 1.165) is 19.3 Å². The van der Waals surface area contributed by atoms with E-state index >= 15 is 0 Å². The van der Waals surface area contributed by atoms with E-state index < -0.39 is 0 Å². The Morgan fingerprint density at radius 1 is 1.06 bits per heavy atom. The number of amides is 1. The number of nitrogens with one attached hydrogen (secondary N) is 1. The molecule has 0 bridgehead atoms. The van der Waals surface area contributed by atoms with E-state index in [1.807, 2.05) is 24.3 Å². The summed E-state index contributed by atoms with van der Waals surface area (Å²) < 4.78 is 14.6. The first kappa shape index (κ1) is 22.4. The average molecular weight is 447 g/mol. The molecule has 0 spiro atoms. The molecule has 4 rings (SSSR count). The molecule has 0 saturated carbocycles. The quantitative estimate of drug-likeness (QED) is 0.283. The summed E-state index contributed by atoms with van der Waals surface area (Å²) >= 11 is 0. The normalized spacial score (nSPS) is 11.6. The smallest absolute Gasteiger partial charge is 0.257 e. The molecule has 0 radical (unpaired) electrons. The van der Waals surface area contributed by atoms with Crippen LogP contribution in [0.2, 0.25) is 0 Å². The molecule has 8 heteroatoms. The molecule has 0 aliphatic carbocycles. The molecule has 2 aromatic carbocycles. The highest BCUT2D eigenvalue weighted by atomic mass is 19.1. The van der Waals surface area contributed by atoms with Gasteiger partial charge in [-0.3, -0.25) is 4.79 Å². The molecule has 3 N–H and O–H groups in total. The minimum Gasteiger partial charge on any atom is -0.383 e. The maximum absolute atomic E-state index is 13.2. The van der Waals surface area contributed by atoms with Crippen molar-refractivity contribution in [3.8, 4) is 0 Å². The van der Waals surface area contributed by atoms with E-state index in [4.69, 9.17) is 5.73 Å². The first-order valence-corrected chi connectivity index (χ1v) is 11.2. The fraction of sp³-hybridized carbons (Fsp3) is 0.280. The minimum absolute atomic E-state index is 0.155. The van der Waals surface area contributed by atoms with Gasteiger partial charge >= 0.3 is 0 Å². The Kier molecular flexibility index (Phi) is 6.92. The summed E-state index contributed by atoms with van der Waals surface area (Å²) in [6.45, 7) is 2.73. The number of halogens is 1. The van der Waals surface area contributed by atoms with E-state index in [0.29, 0.717) is 34.3 Å². The second kappa shape index (κ2) is 10.2. The topological polar surface area (TPSA) is 98.2 Å². The number of carbonyl (C=O) groups excluding carboxylic acids is 1. The molecule has 0 unspecified atom stereocenters. The Morgan fingerprint density at radius 3 is 2.48 bits per heavy atom. The number of nitrogens with zero attached hydrogens (tertiary/aromatic N) is 4. The van der Waals surface area contributed by atoms with E-state index in [2.05, 4.69) is 27.3 Å². The van der Waals surface area contributed by atoms with Crippen LogP contribution in [0.1, 0.15) is 54.9 Å². The van der Waals surface area contributed by atoms with Crippen molar-refractivity contribution in [2.45, 2.75) is 39.0 Å². The fourth-order valence-electron chi connectivity index (χ4n) is 3.68. The zero-order valence-corrected chi connectivity index (χ0v) is 18.6. The van der Waals surface area contributed by atoms with Gasteiger partial charge in [-0.15, -0.1) is 0 Å². The van der Waals surface area contributed by atoms with Crippen LogP contribution < -0.4 is 11.1 Å². The predicted molar refractivity (Wildman–Crippen MR) is 130 cm³/mol. The van der Waals surface area contributed by atoms with Crippen molar-refractivity contribution in [2.75, 3.05) is 12.3 Å². The Bertz CT molecular complexity index is 1300. The van der Waals surface area contributed by atoms with Gasteiger partial charge in [0.05, 0.1) is 17.2 Å². The molecule has 0 saturated heterocycles. The number of carbonyl (C=O) groups is 1. The summed E-state index contributed by atoms with van der Waals surface area (Å²) in [5, 5.41) is 7.39. The second-order valence-electron chi connectivity index (χ2n) is 7.92. The van der Waals surface area contributed by atoms with Crippen LogP contribution in [0.5, 0.6) is 0 Å². The molecule has 2 aromatic heterocycles. The van der Waals surface area contributed by atoms with Gasteiger partial charge in [0.1, 0.15) is 22.7 Å². The number of nitrogens with two attached hydrogens (primary N) is 1. The summed E-state index contributed by atoms with van der Waals surface area (Å²) in [5.41, 5.74) is 9.44. The lowest BCUT2D eigenvalue weighted by Gasteiger charge is -2.05. The second-order valence-corrected chi connectivity index (χ2v) is 7.92. The number of fused-ring (bicyclic) bond motifs is 2. The lowest BCUT2D eigenvalue weighted by Crippen LogP contribution is -2.25. The van der Waals surface area contributed by atoms with Crippen LogP contribution in [0.15, 0.2) is 53.6 Å². The highest BCUT2D eigenvalue weighted by molar-refractivity contribution is 6.10. The van der Waals surface area contributed by atoms with E-state index in [1.165, 1.54) is 29.7 Å². The van der Waals surface area contributed by atoms with Gasteiger partial charge in [0, 0.05) is 6.54 Å². The van der Waals surface area contributed by atoms with Crippen LogP contribution >= 0.6 is 0 Å². The maximum Gasteiger partial charge on any atom is 0.257 e. The van der Waals surface area contributed by atoms with Crippen LogP contribution in [-0.4, -0.2) is 33.3 Å². The Hall–Kier alpha value is -3.81. The van der Waals surface area contributed by atoms with Gasteiger partial charge in [-0.25, -0.2) is 14.4 Å². The van der Waals surface area contributed by atoms with Crippen molar-refractivity contribution >= 4 is 40.1 Å². The first-order chi connectivity index (χ1) is 16.1. The standard InChI is InChI=1S/C25H27FN6O/c1-2-3-4-5-8-15-28-25(33)21-22-24(31-20-10-7-6-9-19(20)30-22)32(23(21)27)29-16-17-11-13-18(26)14-12-17/h6-7,9-14,16H,2-5,8,15,27H2,1H3,(H,28,33)/b29-16+. The van der Waals surface area contributed by atoms with E-state index in [9.17, 15) is 9.18 Å². The third-order valence-corrected chi connectivity index (χ3v) is 5.46. The van der Waals surface area contributed by atoms with Gasteiger partial charge < -0.3 is 11.1 Å². The molecule has 0 aliphatic rings. The fourth-order valence-corrected chi connectivity index (χ4v) is 3.68. The highest BCUT2D eigenvalue weighted by Gasteiger charge is 2.23. The SMILES string of the molecule is CCCCCCCNC(=O)c1c(N)n(/N=C/c2ccc(F)cc2)c2nc3ccccc3nc12. The Labute approximate surface area is 191 Å². The number of nitrogen functional groups attached to an aromatic ring is 1. The molecular formula is C25H27FN6O. The van der Waals surface area contributed by atoms with Gasteiger partial charge in [0.25, 0.3) is 5.91 Å². The number of benzene rings is 2. The average Bonchev–Trinajstić information content (AvgIpc) is 3.09. The summed E-state index contributed by atoms with van der Waals surface area (Å²) in [4.78, 5) is 22.4. The van der Waals surface area contributed by atoms with Crippen LogP contribution in [0.4, 0.5) is 10.2 Å². The van der Waals surface area contributed by atoms with Crippen molar-refractivity contribution in [3.63, 3.8) is 0 Å². The molecule has 170 valence electrons. The molecule has 0 aliphatic heterocycles. The molecule has 2 heterocycles.